The Morgan fingerprint density at radius 2 is 1.88 bits per heavy atom. The van der Waals surface area contributed by atoms with Crippen LogP contribution >= 0.6 is 22.6 Å². The molecule has 1 amide bonds. The van der Waals surface area contributed by atoms with Crippen LogP contribution in [0.15, 0.2) is 18.2 Å². The standard InChI is InChI=1S/C18H25IN2O3/c1-20-9-10-21(12-18(20)22)14-4-6-15(7-5-14)24-16-8-3-13(19)11-17(16)23-2/h3,8,11,14-15H,4-7,9-10,12H2,1-2H3/t14-,15-. The van der Waals surface area contributed by atoms with Crippen molar-refractivity contribution in [3.05, 3.63) is 21.8 Å². The minimum atomic E-state index is 0.235. The zero-order chi connectivity index (χ0) is 17.1. The van der Waals surface area contributed by atoms with E-state index in [0.29, 0.717) is 12.6 Å². The number of benzene rings is 1. The summed E-state index contributed by atoms with van der Waals surface area (Å²) in [5, 5.41) is 0. The van der Waals surface area contributed by atoms with Crippen molar-refractivity contribution in [2.45, 2.75) is 37.8 Å². The van der Waals surface area contributed by atoms with Gasteiger partial charge in [0.25, 0.3) is 0 Å². The van der Waals surface area contributed by atoms with E-state index in [9.17, 15) is 4.79 Å². The summed E-state index contributed by atoms with van der Waals surface area (Å²) >= 11 is 2.27. The van der Waals surface area contributed by atoms with Crippen molar-refractivity contribution in [1.29, 1.82) is 0 Å². The zero-order valence-electron chi connectivity index (χ0n) is 14.3. The summed E-state index contributed by atoms with van der Waals surface area (Å²) < 4.78 is 12.7. The highest BCUT2D eigenvalue weighted by molar-refractivity contribution is 14.1. The summed E-state index contributed by atoms with van der Waals surface area (Å²) in [5.74, 6) is 1.87. The van der Waals surface area contributed by atoms with Crippen molar-refractivity contribution >= 4 is 28.5 Å². The first-order valence-corrected chi connectivity index (χ1v) is 9.63. The van der Waals surface area contributed by atoms with Gasteiger partial charge in [0.1, 0.15) is 0 Å². The average Bonchev–Trinajstić information content (AvgIpc) is 2.59. The topological polar surface area (TPSA) is 42.0 Å². The third kappa shape index (κ3) is 4.14. The van der Waals surface area contributed by atoms with Crippen molar-refractivity contribution in [1.82, 2.24) is 9.80 Å². The van der Waals surface area contributed by atoms with Gasteiger partial charge in [0.05, 0.1) is 19.8 Å². The molecular formula is C18H25IN2O3. The minimum Gasteiger partial charge on any atom is -0.493 e. The highest BCUT2D eigenvalue weighted by Gasteiger charge is 2.31. The molecular weight excluding hydrogens is 419 g/mol. The first-order valence-electron chi connectivity index (χ1n) is 8.55. The van der Waals surface area contributed by atoms with Crippen LogP contribution in [0.3, 0.4) is 0 Å². The predicted molar refractivity (Wildman–Crippen MR) is 102 cm³/mol. The number of hydrogen-bond donors (Lipinski definition) is 0. The Hall–Kier alpha value is -1.02. The molecule has 0 unspecified atom stereocenters. The van der Waals surface area contributed by atoms with E-state index in [2.05, 4.69) is 27.5 Å². The number of likely N-dealkylation sites (N-methyl/N-ethyl adjacent to an activating group) is 1. The number of nitrogens with zero attached hydrogens (tertiary/aromatic N) is 2. The molecule has 1 aliphatic heterocycles. The van der Waals surface area contributed by atoms with Gasteiger partial charge < -0.3 is 14.4 Å². The number of amides is 1. The van der Waals surface area contributed by atoms with Crippen molar-refractivity contribution in [2.75, 3.05) is 33.8 Å². The van der Waals surface area contributed by atoms with Crippen LogP contribution in [0.25, 0.3) is 0 Å². The van der Waals surface area contributed by atoms with Crippen molar-refractivity contribution < 1.29 is 14.3 Å². The summed E-state index contributed by atoms with van der Waals surface area (Å²) in [6, 6.07) is 6.55. The number of halogens is 1. The van der Waals surface area contributed by atoms with Gasteiger partial charge in [0.15, 0.2) is 11.5 Å². The molecule has 1 saturated heterocycles. The quantitative estimate of drug-likeness (QED) is 0.671. The molecule has 0 atom stereocenters. The molecule has 3 rings (SSSR count). The number of methoxy groups -OCH3 is 1. The van der Waals surface area contributed by atoms with E-state index in [0.717, 1.165) is 53.8 Å². The average molecular weight is 444 g/mol. The first-order chi connectivity index (χ1) is 11.6. The molecule has 5 nitrogen and oxygen atoms in total. The Bertz CT molecular complexity index is 588. The normalized spacial score (nSPS) is 25.6. The molecule has 0 spiro atoms. The second kappa shape index (κ2) is 7.91. The van der Waals surface area contributed by atoms with Crippen LogP contribution in [-0.4, -0.2) is 61.6 Å². The molecule has 1 aromatic carbocycles. The summed E-state index contributed by atoms with van der Waals surface area (Å²) in [6.07, 6.45) is 4.47. The molecule has 1 aliphatic carbocycles. The van der Waals surface area contributed by atoms with E-state index in [-0.39, 0.29) is 12.0 Å². The maximum atomic E-state index is 11.9. The molecule has 0 radical (unpaired) electrons. The fourth-order valence-electron chi connectivity index (χ4n) is 3.53. The van der Waals surface area contributed by atoms with Gasteiger partial charge in [-0.15, -0.1) is 0 Å². The Balaban J connectivity index is 1.53. The van der Waals surface area contributed by atoms with Gasteiger partial charge in [-0.2, -0.15) is 0 Å². The summed E-state index contributed by atoms with van der Waals surface area (Å²) in [5.41, 5.74) is 0. The first kappa shape index (κ1) is 17.8. The van der Waals surface area contributed by atoms with Gasteiger partial charge in [-0.05, 0) is 66.5 Å². The van der Waals surface area contributed by atoms with Crippen LogP contribution < -0.4 is 9.47 Å². The zero-order valence-corrected chi connectivity index (χ0v) is 16.5. The number of piperazine rings is 1. The van der Waals surface area contributed by atoms with Crippen molar-refractivity contribution in [2.24, 2.45) is 0 Å². The van der Waals surface area contributed by atoms with Gasteiger partial charge >= 0.3 is 0 Å². The third-order valence-corrected chi connectivity index (χ3v) is 5.74. The van der Waals surface area contributed by atoms with Crippen LogP contribution in [0.4, 0.5) is 0 Å². The molecule has 1 saturated carbocycles. The Kier molecular flexibility index (Phi) is 5.86. The van der Waals surface area contributed by atoms with E-state index in [4.69, 9.17) is 9.47 Å². The largest absolute Gasteiger partial charge is 0.493 e. The second-order valence-corrected chi connectivity index (χ2v) is 7.87. The lowest BCUT2D eigenvalue weighted by atomic mass is 9.91. The second-order valence-electron chi connectivity index (χ2n) is 6.63. The van der Waals surface area contributed by atoms with E-state index in [1.165, 1.54) is 0 Å². The van der Waals surface area contributed by atoms with Gasteiger partial charge in [-0.25, -0.2) is 0 Å². The molecule has 0 bridgehead atoms. The number of carbonyl (C=O) groups excluding carboxylic acids is 1. The molecule has 24 heavy (non-hydrogen) atoms. The lowest BCUT2D eigenvalue weighted by Gasteiger charge is -2.40. The van der Waals surface area contributed by atoms with Crippen LogP contribution in [-0.2, 0) is 4.79 Å². The lowest BCUT2D eigenvalue weighted by molar-refractivity contribution is -0.135. The fraction of sp³-hybridized carbons (Fsp3) is 0.611. The SMILES string of the molecule is COc1cc(I)ccc1O[C@H]1CC[C@H](N2CCN(C)C(=O)C2)CC1. The fourth-order valence-corrected chi connectivity index (χ4v) is 4.00. The predicted octanol–water partition coefficient (Wildman–Crippen LogP) is 2.76. The van der Waals surface area contributed by atoms with E-state index >= 15 is 0 Å². The smallest absolute Gasteiger partial charge is 0.236 e. The highest BCUT2D eigenvalue weighted by Crippen LogP contribution is 2.33. The highest BCUT2D eigenvalue weighted by atomic mass is 127. The molecule has 1 aromatic rings. The molecule has 132 valence electrons. The van der Waals surface area contributed by atoms with E-state index in [1.54, 1.807) is 7.11 Å². The van der Waals surface area contributed by atoms with Crippen molar-refractivity contribution in [3.8, 4) is 11.5 Å². The maximum absolute atomic E-state index is 11.9. The molecule has 2 aliphatic rings. The van der Waals surface area contributed by atoms with E-state index in [1.807, 2.05) is 30.1 Å². The molecule has 0 aromatic heterocycles. The van der Waals surface area contributed by atoms with Crippen molar-refractivity contribution in [3.63, 3.8) is 0 Å². The Labute approximate surface area is 157 Å². The van der Waals surface area contributed by atoms with Gasteiger partial charge in [-0.3, -0.25) is 9.69 Å². The lowest BCUT2D eigenvalue weighted by Crippen LogP contribution is -2.53. The van der Waals surface area contributed by atoms with Gasteiger partial charge in [-0.1, -0.05) is 0 Å². The Morgan fingerprint density at radius 3 is 2.54 bits per heavy atom. The molecule has 6 heteroatoms. The number of hydrogen-bond acceptors (Lipinski definition) is 4. The van der Waals surface area contributed by atoms with Gasteiger partial charge in [0.2, 0.25) is 5.91 Å². The molecule has 2 fully saturated rings. The molecule has 0 N–H and O–H groups in total. The summed E-state index contributed by atoms with van der Waals surface area (Å²) in [4.78, 5) is 16.1. The van der Waals surface area contributed by atoms with Crippen LogP contribution in [0, 0.1) is 3.57 Å². The number of ether oxygens (including phenoxy) is 2. The monoisotopic (exact) mass is 444 g/mol. The maximum Gasteiger partial charge on any atom is 0.236 e. The summed E-state index contributed by atoms with van der Waals surface area (Å²) in [7, 11) is 3.57. The molecule has 1 heterocycles. The Morgan fingerprint density at radius 1 is 1.12 bits per heavy atom. The van der Waals surface area contributed by atoms with Gasteiger partial charge in [0, 0.05) is 29.7 Å². The third-order valence-electron chi connectivity index (χ3n) is 5.07. The van der Waals surface area contributed by atoms with Crippen LogP contribution in [0.1, 0.15) is 25.7 Å². The van der Waals surface area contributed by atoms with Crippen LogP contribution in [0.5, 0.6) is 11.5 Å². The van der Waals surface area contributed by atoms with E-state index < -0.39 is 0 Å². The van der Waals surface area contributed by atoms with Crippen LogP contribution in [0.2, 0.25) is 0 Å². The number of carbonyl (C=O) groups is 1. The number of rotatable bonds is 4. The summed E-state index contributed by atoms with van der Waals surface area (Å²) in [6.45, 7) is 2.40. The minimum absolute atomic E-state index is 0.235.